The summed E-state index contributed by atoms with van der Waals surface area (Å²) in [5, 5.41) is 8.68. The highest BCUT2D eigenvalue weighted by atomic mass is 35.5. The molecule has 1 aromatic carbocycles. The zero-order valence-corrected chi connectivity index (χ0v) is 9.77. The first kappa shape index (κ1) is 14.4. The molecule has 0 saturated carbocycles. The molecule has 0 atom stereocenters. The number of alkyl halides is 4. The maximum Gasteiger partial charge on any atom is 0.417 e. The van der Waals surface area contributed by atoms with Gasteiger partial charge in [0.15, 0.2) is 0 Å². The first-order chi connectivity index (χ1) is 8.36. The second-order valence-corrected chi connectivity index (χ2v) is 3.68. The lowest BCUT2D eigenvalue weighted by molar-refractivity contribution is -0.138. The number of benzene rings is 1. The molecule has 18 heavy (non-hydrogen) atoms. The molecular weight excluding hydrogens is 269 g/mol. The van der Waals surface area contributed by atoms with Crippen LogP contribution in [0.1, 0.15) is 27.9 Å². The monoisotopic (exact) mass is 276 g/mol. The fourth-order valence-corrected chi connectivity index (χ4v) is 1.35. The van der Waals surface area contributed by atoms with Crippen molar-refractivity contribution in [2.45, 2.75) is 12.6 Å². The average Bonchev–Trinajstić information content (AvgIpc) is 2.28. The van der Waals surface area contributed by atoms with Gasteiger partial charge in [-0.1, -0.05) is 11.8 Å². The lowest BCUT2D eigenvalue weighted by Crippen LogP contribution is -2.13. The van der Waals surface area contributed by atoms with Crippen molar-refractivity contribution in [3.63, 3.8) is 0 Å². The molecule has 0 radical (unpaired) electrons. The minimum absolute atomic E-state index is 0.109. The Morgan fingerprint density at radius 1 is 1.39 bits per heavy atom. The minimum Gasteiger partial charge on any atom is -0.478 e. The molecule has 0 aromatic heterocycles. The standard InChI is InChI=1S/C12H8ClF3O2/c13-6-2-1-3-8-4-5-9(11(17)18)10(7-8)12(14,15)16/h4-5,7H,2,6H2,(H,17,18). The van der Waals surface area contributed by atoms with E-state index >= 15 is 0 Å². The molecule has 0 saturated heterocycles. The Labute approximate surface area is 106 Å². The molecule has 0 aliphatic carbocycles. The Kier molecular flexibility index (Phi) is 4.62. The highest BCUT2D eigenvalue weighted by Gasteiger charge is 2.35. The highest BCUT2D eigenvalue weighted by Crippen LogP contribution is 2.32. The van der Waals surface area contributed by atoms with E-state index in [2.05, 4.69) is 11.8 Å². The molecule has 0 fully saturated rings. The zero-order valence-electron chi connectivity index (χ0n) is 9.01. The van der Waals surface area contributed by atoms with Gasteiger partial charge in [0, 0.05) is 17.9 Å². The Morgan fingerprint density at radius 2 is 2.06 bits per heavy atom. The van der Waals surface area contributed by atoms with Crippen molar-refractivity contribution in [1.82, 2.24) is 0 Å². The summed E-state index contributed by atoms with van der Waals surface area (Å²) >= 11 is 5.38. The van der Waals surface area contributed by atoms with E-state index in [4.69, 9.17) is 16.7 Å². The van der Waals surface area contributed by atoms with Crippen LogP contribution < -0.4 is 0 Å². The Bertz CT molecular complexity index is 512. The van der Waals surface area contributed by atoms with Crippen molar-refractivity contribution >= 4 is 17.6 Å². The predicted molar refractivity (Wildman–Crippen MR) is 60.6 cm³/mol. The van der Waals surface area contributed by atoms with Crippen LogP contribution in [-0.4, -0.2) is 17.0 Å². The van der Waals surface area contributed by atoms with Crippen molar-refractivity contribution < 1.29 is 23.1 Å². The summed E-state index contributed by atoms with van der Waals surface area (Å²) in [5.41, 5.74) is -1.88. The fourth-order valence-electron chi connectivity index (χ4n) is 1.25. The van der Waals surface area contributed by atoms with Gasteiger partial charge in [0.2, 0.25) is 0 Å². The topological polar surface area (TPSA) is 37.3 Å². The summed E-state index contributed by atoms with van der Waals surface area (Å²) in [6.07, 6.45) is -4.37. The van der Waals surface area contributed by atoms with Gasteiger partial charge in [-0.2, -0.15) is 13.2 Å². The molecule has 1 aromatic rings. The van der Waals surface area contributed by atoms with Gasteiger partial charge in [0.25, 0.3) is 0 Å². The first-order valence-electron chi connectivity index (χ1n) is 4.85. The summed E-state index contributed by atoms with van der Waals surface area (Å²) in [7, 11) is 0. The summed E-state index contributed by atoms with van der Waals surface area (Å²) in [4.78, 5) is 10.7. The average molecular weight is 277 g/mol. The van der Waals surface area contributed by atoms with E-state index in [9.17, 15) is 18.0 Å². The smallest absolute Gasteiger partial charge is 0.417 e. The van der Waals surface area contributed by atoms with E-state index in [1.165, 1.54) is 6.07 Å². The van der Waals surface area contributed by atoms with E-state index in [-0.39, 0.29) is 11.4 Å². The molecule has 2 nitrogen and oxygen atoms in total. The largest absolute Gasteiger partial charge is 0.478 e. The second-order valence-electron chi connectivity index (χ2n) is 3.30. The summed E-state index contributed by atoms with van der Waals surface area (Å²) in [6.45, 7) is 0. The van der Waals surface area contributed by atoms with E-state index in [0.29, 0.717) is 6.42 Å². The molecule has 1 rings (SSSR count). The Balaban J connectivity index is 3.23. The third-order valence-corrected chi connectivity index (χ3v) is 2.20. The molecule has 0 aliphatic heterocycles. The third-order valence-electron chi connectivity index (χ3n) is 2.01. The van der Waals surface area contributed by atoms with E-state index in [0.717, 1.165) is 12.1 Å². The van der Waals surface area contributed by atoms with Crippen LogP contribution in [0.15, 0.2) is 18.2 Å². The van der Waals surface area contributed by atoms with Crippen LogP contribution in [0.5, 0.6) is 0 Å². The van der Waals surface area contributed by atoms with Crippen molar-refractivity contribution in [2.24, 2.45) is 0 Å². The van der Waals surface area contributed by atoms with Crippen LogP contribution in [-0.2, 0) is 6.18 Å². The van der Waals surface area contributed by atoms with Crippen molar-refractivity contribution in [3.05, 3.63) is 34.9 Å². The van der Waals surface area contributed by atoms with Gasteiger partial charge in [-0.3, -0.25) is 0 Å². The number of hydrogen-bond acceptors (Lipinski definition) is 1. The van der Waals surface area contributed by atoms with Gasteiger partial charge in [0.05, 0.1) is 11.1 Å². The highest BCUT2D eigenvalue weighted by molar-refractivity contribution is 6.18. The van der Waals surface area contributed by atoms with Crippen LogP contribution in [0.25, 0.3) is 0 Å². The summed E-state index contributed by atoms with van der Waals surface area (Å²) in [5.74, 6) is 3.74. The Morgan fingerprint density at radius 3 is 2.56 bits per heavy atom. The van der Waals surface area contributed by atoms with Gasteiger partial charge >= 0.3 is 12.1 Å². The SMILES string of the molecule is O=C(O)c1ccc(C#CCCCl)cc1C(F)(F)F. The van der Waals surface area contributed by atoms with Gasteiger partial charge in [0.1, 0.15) is 0 Å². The third kappa shape index (κ3) is 3.67. The molecule has 6 heteroatoms. The summed E-state index contributed by atoms with van der Waals surface area (Å²) < 4.78 is 37.9. The van der Waals surface area contributed by atoms with Crippen molar-refractivity contribution in [3.8, 4) is 11.8 Å². The quantitative estimate of drug-likeness (QED) is 0.664. The van der Waals surface area contributed by atoms with Gasteiger partial charge in [-0.05, 0) is 18.2 Å². The molecule has 1 N–H and O–H groups in total. The van der Waals surface area contributed by atoms with Crippen LogP contribution in [0.3, 0.4) is 0 Å². The molecule has 0 unspecified atom stereocenters. The number of aromatic carboxylic acids is 1. The lowest BCUT2D eigenvalue weighted by atomic mass is 10.0. The molecule has 0 amide bonds. The van der Waals surface area contributed by atoms with Crippen LogP contribution >= 0.6 is 11.6 Å². The maximum absolute atomic E-state index is 12.6. The number of hydrogen-bond donors (Lipinski definition) is 1. The Hall–Kier alpha value is -1.67. The number of carboxylic acid groups (broad SMARTS) is 1. The van der Waals surface area contributed by atoms with E-state index in [1.807, 2.05) is 0 Å². The van der Waals surface area contributed by atoms with Gasteiger partial charge in [-0.25, -0.2) is 4.79 Å². The molecule has 0 spiro atoms. The number of carboxylic acids is 1. The fraction of sp³-hybridized carbons (Fsp3) is 0.250. The molecule has 96 valence electrons. The number of halogens is 4. The summed E-state index contributed by atoms with van der Waals surface area (Å²) in [6, 6.07) is 2.86. The molecular formula is C12H8ClF3O2. The second kappa shape index (κ2) is 5.78. The lowest BCUT2D eigenvalue weighted by Gasteiger charge is -2.10. The number of rotatable bonds is 2. The van der Waals surface area contributed by atoms with E-state index in [1.54, 1.807) is 0 Å². The van der Waals surface area contributed by atoms with Crippen molar-refractivity contribution in [1.29, 1.82) is 0 Å². The molecule has 0 aliphatic rings. The molecule has 0 heterocycles. The van der Waals surface area contributed by atoms with Crippen molar-refractivity contribution in [2.75, 3.05) is 5.88 Å². The van der Waals surface area contributed by atoms with Gasteiger partial charge < -0.3 is 5.11 Å². The first-order valence-corrected chi connectivity index (χ1v) is 5.39. The number of carbonyl (C=O) groups is 1. The maximum atomic E-state index is 12.6. The van der Waals surface area contributed by atoms with Crippen LogP contribution in [0.2, 0.25) is 0 Å². The van der Waals surface area contributed by atoms with Crippen LogP contribution in [0, 0.1) is 11.8 Å². The van der Waals surface area contributed by atoms with Gasteiger partial charge in [-0.15, -0.1) is 11.6 Å². The van der Waals surface area contributed by atoms with E-state index < -0.39 is 23.3 Å². The minimum atomic E-state index is -4.72. The normalized spacial score (nSPS) is 10.7. The molecule has 0 bridgehead atoms. The predicted octanol–water partition coefficient (Wildman–Crippen LogP) is 3.38. The zero-order chi connectivity index (χ0) is 13.8. The van der Waals surface area contributed by atoms with Crippen LogP contribution in [0.4, 0.5) is 13.2 Å².